The Kier molecular flexibility index (Phi) is 4.88. The van der Waals surface area contributed by atoms with Crippen molar-refractivity contribution >= 4 is 11.8 Å². The Morgan fingerprint density at radius 2 is 1.91 bits per heavy atom. The number of methoxy groups -OCH3 is 2. The highest BCUT2D eigenvalue weighted by molar-refractivity contribution is 5.56. The molecule has 0 saturated heterocycles. The molecule has 0 saturated carbocycles. The van der Waals surface area contributed by atoms with Gasteiger partial charge in [-0.05, 0) is 25.1 Å². The third-order valence-corrected chi connectivity index (χ3v) is 3.20. The van der Waals surface area contributed by atoms with Crippen molar-refractivity contribution in [2.75, 3.05) is 25.7 Å². The number of nitrogens with two attached hydrogens (primary N) is 2. The van der Waals surface area contributed by atoms with E-state index in [0.717, 1.165) is 0 Å². The number of hydrogen-bond donors (Lipinski definition) is 3. The molecule has 120 valence electrons. The molecule has 0 aliphatic heterocycles. The van der Waals surface area contributed by atoms with Gasteiger partial charge in [-0.15, -0.1) is 0 Å². The van der Waals surface area contributed by atoms with Crippen LogP contribution < -0.4 is 20.9 Å². The fraction of sp³-hybridized carbons (Fsp3) is 0.250. The zero-order chi connectivity index (χ0) is 17.0. The maximum atomic E-state index is 10.3. The summed E-state index contributed by atoms with van der Waals surface area (Å²) in [6.45, 7) is 1.72. The highest BCUT2D eigenvalue weighted by Gasteiger charge is 2.13. The normalized spacial score (nSPS) is 11.3. The zero-order valence-electron chi connectivity index (χ0n) is 13.1. The molecule has 1 heterocycles. The summed E-state index contributed by atoms with van der Waals surface area (Å²) in [6, 6.07) is 5.09. The van der Waals surface area contributed by atoms with Gasteiger partial charge in [0, 0.05) is 5.56 Å². The van der Waals surface area contributed by atoms with Crippen LogP contribution in [0.15, 0.2) is 18.2 Å². The number of aliphatic hydroxyl groups is 1. The molecule has 0 radical (unpaired) electrons. The molecule has 0 aliphatic rings. The van der Waals surface area contributed by atoms with Crippen molar-refractivity contribution < 1.29 is 14.6 Å². The van der Waals surface area contributed by atoms with Crippen LogP contribution in [-0.2, 0) is 0 Å². The Morgan fingerprint density at radius 1 is 1.17 bits per heavy atom. The van der Waals surface area contributed by atoms with E-state index in [2.05, 4.69) is 21.8 Å². The van der Waals surface area contributed by atoms with Crippen LogP contribution in [0.2, 0.25) is 0 Å². The molecule has 23 heavy (non-hydrogen) atoms. The average Bonchev–Trinajstić information content (AvgIpc) is 2.52. The fourth-order valence-electron chi connectivity index (χ4n) is 2.04. The first kappa shape index (κ1) is 16.4. The fourth-order valence-corrected chi connectivity index (χ4v) is 2.04. The minimum absolute atomic E-state index is 0.0839. The third kappa shape index (κ3) is 3.62. The van der Waals surface area contributed by atoms with Gasteiger partial charge in [-0.3, -0.25) is 0 Å². The number of ether oxygens (including phenoxy) is 2. The molecule has 2 rings (SSSR count). The molecular weight excluding hydrogens is 296 g/mol. The van der Waals surface area contributed by atoms with Crippen molar-refractivity contribution in [3.8, 4) is 23.3 Å². The Labute approximate surface area is 134 Å². The summed E-state index contributed by atoms with van der Waals surface area (Å²) in [7, 11) is 3.06. The SMILES string of the molecule is COc1ccc(OC)c([C@@H](O)C#Cc2c(C)nc(N)nc2N)c1. The molecular formula is C16H18N4O3. The number of benzene rings is 1. The molecule has 5 N–H and O–H groups in total. The van der Waals surface area contributed by atoms with Crippen LogP contribution in [0.4, 0.5) is 11.8 Å². The summed E-state index contributed by atoms with van der Waals surface area (Å²) in [4.78, 5) is 7.87. The van der Waals surface area contributed by atoms with E-state index in [1.54, 1.807) is 32.2 Å². The van der Waals surface area contributed by atoms with E-state index in [0.29, 0.717) is 28.3 Å². The largest absolute Gasteiger partial charge is 0.497 e. The van der Waals surface area contributed by atoms with Crippen LogP contribution in [0.3, 0.4) is 0 Å². The zero-order valence-corrected chi connectivity index (χ0v) is 13.1. The number of aryl methyl sites for hydroxylation is 1. The number of nitrogens with zero attached hydrogens (tertiary/aromatic N) is 2. The van der Waals surface area contributed by atoms with Crippen LogP contribution in [-0.4, -0.2) is 29.3 Å². The van der Waals surface area contributed by atoms with E-state index in [-0.39, 0.29) is 11.8 Å². The minimum atomic E-state index is -1.09. The standard InChI is InChI=1S/C16H18N4O3/c1-9-11(15(17)20-16(18)19-9)5-6-13(21)12-8-10(22-2)4-7-14(12)23-3/h4,7-8,13,21H,1-3H3,(H4,17,18,19,20)/t13-/m0/s1. The van der Waals surface area contributed by atoms with E-state index < -0.39 is 6.10 Å². The van der Waals surface area contributed by atoms with Gasteiger partial charge in [-0.25, -0.2) is 4.98 Å². The summed E-state index contributed by atoms with van der Waals surface area (Å²) >= 11 is 0. The smallest absolute Gasteiger partial charge is 0.222 e. The van der Waals surface area contributed by atoms with Gasteiger partial charge in [0.25, 0.3) is 0 Å². The summed E-state index contributed by atoms with van der Waals surface area (Å²) in [5.74, 6) is 6.86. The van der Waals surface area contributed by atoms with Crippen LogP contribution in [0.5, 0.6) is 11.5 Å². The van der Waals surface area contributed by atoms with E-state index >= 15 is 0 Å². The summed E-state index contributed by atoms with van der Waals surface area (Å²) in [6.07, 6.45) is -1.09. The summed E-state index contributed by atoms with van der Waals surface area (Å²) in [5, 5.41) is 10.3. The Balaban J connectivity index is 2.39. The Bertz CT molecular complexity index is 758. The first-order valence-corrected chi connectivity index (χ1v) is 6.77. The maximum Gasteiger partial charge on any atom is 0.222 e. The number of aromatic nitrogens is 2. The number of hydrogen-bond acceptors (Lipinski definition) is 7. The topological polar surface area (TPSA) is 117 Å². The maximum absolute atomic E-state index is 10.3. The van der Waals surface area contributed by atoms with Crippen LogP contribution >= 0.6 is 0 Å². The predicted octanol–water partition coefficient (Wildman–Crippen LogP) is 1.05. The molecule has 7 nitrogen and oxygen atoms in total. The highest BCUT2D eigenvalue weighted by atomic mass is 16.5. The monoisotopic (exact) mass is 314 g/mol. The van der Waals surface area contributed by atoms with E-state index in [9.17, 15) is 5.11 Å². The van der Waals surface area contributed by atoms with E-state index in [1.807, 2.05) is 0 Å². The van der Waals surface area contributed by atoms with Gasteiger partial charge in [0.05, 0.1) is 25.5 Å². The number of rotatable bonds is 3. The van der Waals surface area contributed by atoms with Gasteiger partial charge in [0.2, 0.25) is 5.95 Å². The van der Waals surface area contributed by atoms with E-state index in [1.165, 1.54) is 7.11 Å². The second kappa shape index (κ2) is 6.85. The molecule has 1 aromatic heterocycles. The van der Waals surface area contributed by atoms with Crippen LogP contribution in [0.1, 0.15) is 22.9 Å². The van der Waals surface area contributed by atoms with Gasteiger partial charge >= 0.3 is 0 Å². The van der Waals surface area contributed by atoms with Crippen molar-refractivity contribution in [3.63, 3.8) is 0 Å². The molecule has 2 aromatic rings. The average molecular weight is 314 g/mol. The van der Waals surface area contributed by atoms with Gasteiger partial charge in [-0.2, -0.15) is 4.98 Å². The van der Waals surface area contributed by atoms with Gasteiger partial charge in [-0.1, -0.05) is 11.8 Å². The minimum Gasteiger partial charge on any atom is -0.497 e. The lowest BCUT2D eigenvalue weighted by Crippen LogP contribution is -2.05. The Morgan fingerprint density at radius 3 is 2.52 bits per heavy atom. The van der Waals surface area contributed by atoms with Gasteiger partial charge in [0.1, 0.15) is 23.4 Å². The number of aliphatic hydroxyl groups excluding tert-OH is 1. The lowest BCUT2D eigenvalue weighted by Gasteiger charge is -2.12. The van der Waals surface area contributed by atoms with Crippen LogP contribution in [0.25, 0.3) is 0 Å². The third-order valence-electron chi connectivity index (χ3n) is 3.20. The Hall–Kier alpha value is -2.98. The lowest BCUT2D eigenvalue weighted by atomic mass is 10.1. The molecule has 0 fully saturated rings. The molecule has 0 amide bonds. The van der Waals surface area contributed by atoms with Gasteiger partial charge in [0.15, 0.2) is 0 Å². The quantitative estimate of drug-likeness (QED) is 0.725. The van der Waals surface area contributed by atoms with Crippen molar-refractivity contribution in [2.45, 2.75) is 13.0 Å². The molecule has 0 aliphatic carbocycles. The predicted molar refractivity (Wildman–Crippen MR) is 87.0 cm³/mol. The first-order valence-electron chi connectivity index (χ1n) is 6.77. The van der Waals surface area contributed by atoms with Crippen molar-refractivity contribution in [3.05, 3.63) is 35.0 Å². The molecule has 0 unspecified atom stereocenters. The molecule has 1 atom stereocenters. The summed E-state index contributed by atoms with van der Waals surface area (Å²) < 4.78 is 10.4. The van der Waals surface area contributed by atoms with Gasteiger partial charge < -0.3 is 26.0 Å². The first-order chi connectivity index (χ1) is 11.0. The van der Waals surface area contributed by atoms with Crippen molar-refractivity contribution in [1.29, 1.82) is 0 Å². The summed E-state index contributed by atoms with van der Waals surface area (Å²) in [5.41, 5.74) is 12.8. The number of nitrogen functional groups attached to an aromatic ring is 2. The lowest BCUT2D eigenvalue weighted by molar-refractivity contribution is 0.231. The second-order valence-electron chi connectivity index (χ2n) is 4.71. The molecule has 7 heteroatoms. The van der Waals surface area contributed by atoms with E-state index in [4.69, 9.17) is 20.9 Å². The van der Waals surface area contributed by atoms with Crippen molar-refractivity contribution in [2.24, 2.45) is 0 Å². The molecule has 1 aromatic carbocycles. The number of anilines is 2. The second-order valence-corrected chi connectivity index (χ2v) is 4.71. The van der Waals surface area contributed by atoms with Crippen molar-refractivity contribution in [1.82, 2.24) is 9.97 Å². The molecule has 0 spiro atoms. The highest BCUT2D eigenvalue weighted by Crippen LogP contribution is 2.29. The molecule has 0 bridgehead atoms. The van der Waals surface area contributed by atoms with Crippen LogP contribution in [0, 0.1) is 18.8 Å².